The van der Waals surface area contributed by atoms with Crippen LogP contribution in [0.1, 0.15) is 35.6 Å². The fraction of sp³-hybridized carbons (Fsp3) is 0.304. The monoisotopic (exact) mass is 411 g/mol. The molecule has 4 rings (SSSR count). The molecule has 1 aromatic carbocycles. The second kappa shape index (κ2) is 8.75. The summed E-state index contributed by atoms with van der Waals surface area (Å²) in [5.41, 5.74) is 2.55. The van der Waals surface area contributed by atoms with Crippen LogP contribution in [0.4, 0.5) is 8.78 Å². The van der Waals surface area contributed by atoms with Crippen molar-refractivity contribution in [3.63, 3.8) is 0 Å². The highest BCUT2D eigenvalue weighted by Gasteiger charge is 2.30. The summed E-state index contributed by atoms with van der Waals surface area (Å²) in [6, 6.07) is 8.14. The lowest BCUT2D eigenvalue weighted by Crippen LogP contribution is -2.27. The fourth-order valence-corrected chi connectivity index (χ4v) is 4.12. The van der Waals surface area contributed by atoms with Crippen LogP contribution in [0.25, 0.3) is 11.6 Å². The number of pyridine rings is 1. The Morgan fingerprint density at radius 3 is 2.87 bits per heavy atom. The van der Waals surface area contributed by atoms with Gasteiger partial charge in [0.1, 0.15) is 11.6 Å². The van der Waals surface area contributed by atoms with Gasteiger partial charge in [0.2, 0.25) is 0 Å². The number of ether oxygens (including phenoxy) is 1. The van der Waals surface area contributed by atoms with Crippen LogP contribution in [0.15, 0.2) is 48.8 Å². The highest BCUT2D eigenvalue weighted by atomic mass is 19.1. The number of methoxy groups -OCH3 is 1. The Kier molecular flexibility index (Phi) is 5.90. The molecule has 1 unspecified atom stereocenters. The van der Waals surface area contributed by atoms with Gasteiger partial charge in [0.05, 0.1) is 18.8 Å². The van der Waals surface area contributed by atoms with Gasteiger partial charge in [-0.15, -0.1) is 0 Å². The van der Waals surface area contributed by atoms with Gasteiger partial charge in [0.25, 0.3) is 0 Å². The van der Waals surface area contributed by atoms with Gasteiger partial charge in [0.15, 0.2) is 0 Å². The number of nitrogens with zero attached hydrogens (tertiary/aromatic N) is 3. The summed E-state index contributed by atoms with van der Waals surface area (Å²) in [5.74, 6) is -1.76. The summed E-state index contributed by atoms with van der Waals surface area (Å²) in [4.78, 5) is 13.4. The van der Waals surface area contributed by atoms with E-state index in [1.165, 1.54) is 25.3 Å². The molecule has 0 aliphatic carbocycles. The van der Waals surface area contributed by atoms with Gasteiger partial charge in [-0.3, -0.25) is 4.90 Å². The first-order valence-electron chi connectivity index (χ1n) is 9.97. The molecule has 1 aliphatic heterocycles. The first-order valence-corrected chi connectivity index (χ1v) is 9.97. The second-order valence-electron chi connectivity index (χ2n) is 7.40. The van der Waals surface area contributed by atoms with E-state index in [2.05, 4.69) is 14.7 Å². The van der Waals surface area contributed by atoms with Crippen LogP contribution in [-0.2, 0) is 16.0 Å². The van der Waals surface area contributed by atoms with Crippen molar-refractivity contribution < 1.29 is 18.3 Å². The van der Waals surface area contributed by atoms with E-state index in [0.29, 0.717) is 13.0 Å². The number of fused-ring (bicyclic) bond motifs is 1. The maximum absolute atomic E-state index is 14.8. The highest BCUT2D eigenvalue weighted by Crippen LogP contribution is 2.35. The zero-order chi connectivity index (χ0) is 21.1. The molecule has 5 nitrogen and oxygen atoms in total. The minimum Gasteiger partial charge on any atom is -0.466 e. The van der Waals surface area contributed by atoms with E-state index in [1.54, 1.807) is 0 Å². The third-order valence-electron chi connectivity index (χ3n) is 5.59. The predicted octanol–water partition coefficient (Wildman–Crippen LogP) is 4.18. The Bertz CT molecular complexity index is 1070. The van der Waals surface area contributed by atoms with E-state index >= 15 is 0 Å². The maximum Gasteiger partial charge on any atom is 0.330 e. The molecule has 30 heavy (non-hydrogen) atoms. The number of benzene rings is 1. The van der Waals surface area contributed by atoms with Gasteiger partial charge in [-0.2, -0.15) is 5.10 Å². The second-order valence-corrected chi connectivity index (χ2v) is 7.40. The van der Waals surface area contributed by atoms with Gasteiger partial charge >= 0.3 is 5.97 Å². The van der Waals surface area contributed by atoms with Crippen molar-refractivity contribution in [3.05, 3.63) is 77.1 Å². The van der Waals surface area contributed by atoms with Crippen LogP contribution in [-0.4, -0.2) is 40.7 Å². The molecule has 1 saturated heterocycles. The lowest BCUT2D eigenvalue weighted by Gasteiger charge is -2.25. The third kappa shape index (κ3) is 4.11. The van der Waals surface area contributed by atoms with Crippen LogP contribution in [0.5, 0.6) is 0 Å². The van der Waals surface area contributed by atoms with Crippen molar-refractivity contribution in [2.24, 2.45) is 0 Å². The quantitative estimate of drug-likeness (QED) is 0.451. The zero-order valence-corrected chi connectivity index (χ0v) is 16.7. The lowest BCUT2D eigenvalue weighted by molar-refractivity contribution is -0.134. The summed E-state index contributed by atoms with van der Waals surface area (Å²) < 4.78 is 36.0. The fourth-order valence-electron chi connectivity index (χ4n) is 4.12. The molecule has 0 bridgehead atoms. The number of halogens is 2. The van der Waals surface area contributed by atoms with Crippen LogP contribution < -0.4 is 0 Å². The number of rotatable bonds is 6. The zero-order valence-electron chi connectivity index (χ0n) is 16.7. The van der Waals surface area contributed by atoms with Crippen molar-refractivity contribution in [2.45, 2.75) is 25.3 Å². The molecule has 0 spiro atoms. The molecule has 2 aromatic heterocycles. The Morgan fingerprint density at radius 2 is 2.10 bits per heavy atom. The minimum absolute atomic E-state index is 0.0996. The molecule has 0 radical (unpaired) electrons. The molecule has 1 aliphatic rings. The summed E-state index contributed by atoms with van der Waals surface area (Å²) in [6.45, 7) is 1.50. The number of carbonyl (C=O) groups is 1. The number of likely N-dealkylation sites (tertiary alicyclic amines) is 1. The predicted molar refractivity (Wildman–Crippen MR) is 110 cm³/mol. The van der Waals surface area contributed by atoms with E-state index in [-0.39, 0.29) is 17.2 Å². The standard InChI is InChI=1S/C23H23F2N3O2/c1-30-22(29)8-7-16-13-18(24)23(19(25)14-16)21-6-4-10-27(21)12-9-17-15-26-28-11-3-2-5-20(17)28/h2-3,5,7-8,11,13-15,21H,4,6,9-10,12H2,1H3/b8-7+. The number of carbonyl (C=O) groups excluding carboxylic acids is 1. The van der Waals surface area contributed by atoms with Crippen molar-refractivity contribution in [1.29, 1.82) is 0 Å². The summed E-state index contributed by atoms with van der Waals surface area (Å²) >= 11 is 0. The summed E-state index contributed by atoms with van der Waals surface area (Å²) in [7, 11) is 1.25. The molecule has 3 aromatic rings. The topological polar surface area (TPSA) is 46.8 Å². The van der Waals surface area contributed by atoms with E-state index < -0.39 is 17.6 Å². The van der Waals surface area contributed by atoms with Gasteiger partial charge in [-0.25, -0.2) is 18.1 Å². The Morgan fingerprint density at radius 1 is 1.30 bits per heavy atom. The van der Waals surface area contributed by atoms with Crippen molar-refractivity contribution in [3.8, 4) is 0 Å². The first kappa shape index (κ1) is 20.2. The van der Waals surface area contributed by atoms with Crippen LogP contribution in [0, 0.1) is 11.6 Å². The van der Waals surface area contributed by atoms with Gasteiger partial charge in [0, 0.05) is 30.4 Å². The van der Waals surface area contributed by atoms with Crippen molar-refractivity contribution >= 4 is 17.6 Å². The Balaban J connectivity index is 1.51. The maximum atomic E-state index is 14.8. The van der Waals surface area contributed by atoms with E-state index in [1.807, 2.05) is 35.1 Å². The smallest absolute Gasteiger partial charge is 0.330 e. The molecular formula is C23H23F2N3O2. The lowest BCUT2D eigenvalue weighted by atomic mass is 10.0. The Labute approximate surface area is 173 Å². The van der Waals surface area contributed by atoms with Crippen molar-refractivity contribution in [1.82, 2.24) is 14.5 Å². The summed E-state index contributed by atoms with van der Waals surface area (Å²) in [5, 5.41) is 4.35. The number of esters is 1. The van der Waals surface area contributed by atoms with Crippen LogP contribution in [0.3, 0.4) is 0 Å². The normalized spacial score (nSPS) is 17.2. The first-order chi connectivity index (χ1) is 14.6. The molecule has 0 amide bonds. The van der Waals surface area contributed by atoms with Crippen LogP contribution in [0.2, 0.25) is 0 Å². The molecule has 7 heteroatoms. The largest absolute Gasteiger partial charge is 0.466 e. The highest BCUT2D eigenvalue weighted by molar-refractivity contribution is 5.86. The molecule has 1 atom stereocenters. The Hall–Kier alpha value is -3.06. The average molecular weight is 411 g/mol. The average Bonchev–Trinajstić information content (AvgIpc) is 3.37. The minimum atomic E-state index is -0.590. The van der Waals surface area contributed by atoms with E-state index in [4.69, 9.17) is 0 Å². The van der Waals surface area contributed by atoms with Gasteiger partial charge in [-0.05, 0) is 67.3 Å². The molecule has 0 saturated carbocycles. The SMILES string of the molecule is COC(=O)/C=C/c1cc(F)c(C2CCCN2CCc2cnn3ccccc23)c(F)c1. The number of aromatic nitrogens is 2. The molecule has 3 heterocycles. The van der Waals surface area contributed by atoms with Gasteiger partial charge in [-0.1, -0.05) is 6.07 Å². The van der Waals surface area contributed by atoms with Crippen molar-refractivity contribution in [2.75, 3.05) is 20.2 Å². The van der Waals surface area contributed by atoms with E-state index in [9.17, 15) is 13.6 Å². The number of hydrogen-bond donors (Lipinski definition) is 0. The van der Waals surface area contributed by atoms with Crippen LogP contribution >= 0.6 is 0 Å². The van der Waals surface area contributed by atoms with E-state index in [0.717, 1.165) is 36.5 Å². The molecule has 0 N–H and O–H groups in total. The van der Waals surface area contributed by atoms with Gasteiger partial charge < -0.3 is 4.74 Å². The summed E-state index contributed by atoms with van der Waals surface area (Å²) in [6.07, 6.45) is 8.60. The molecule has 1 fully saturated rings. The number of hydrogen-bond acceptors (Lipinski definition) is 4. The molecular weight excluding hydrogens is 388 g/mol. The third-order valence-corrected chi connectivity index (χ3v) is 5.59. The molecule has 156 valence electrons.